The molecule has 0 aromatic heterocycles. The lowest BCUT2D eigenvalue weighted by Gasteiger charge is -2.37. The summed E-state index contributed by atoms with van der Waals surface area (Å²) in [5, 5.41) is 13.3. The molecule has 1 aliphatic rings. The van der Waals surface area contributed by atoms with Gasteiger partial charge in [0.25, 0.3) is 0 Å². The van der Waals surface area contributed by atoms with Gasteiger partial charge < -0.3 is 20.1 Å². The number of halogens is 3. The van der Waals surface area contributed by atoms with E-state index in [1.165, 1.54) is 17.0 Å². The molecule has 1 unspecified atom stereocenters. The summed E-state index contributed by atoms with van der Waals surface area (Å²) in [6.45, 7) is 5.79. The van der Waals surface area contributed by atoms with Gasteiger partial charge in [0.1, 0.15) is 5.60 Å². The van der Waals surface area contributed by atoms with Gasteiger partial charge in [0.15, 0.2) is 0 Å². The summed E-state index contributed by atoms with van der Waals surface area (Å²) >= 11 is 0. The quantitative estimate of drug-likeness (QED) is 0.848. The lowest BCUT2D eigenvalue weighted by atomic mass is 10.0. The first-order valence-electron chi connectivity index (χ1n) is 8.05. The van der Waals surface area contributed by atoms with Gasteiger partial charge in [-0.25, -0.2) is 4.79 Å². The first-order chi connectivity index (χ1) is 11.5. The van der Waals surface area contributed by atoms with Gasteiger partial charge in [-0.1, -0.05) is 0 Å². The Bertz CT molecular complexity index is 597. The molecule has 2 N–H and O–H groups in total. The molecule has 140 valence electrons. The minimum absolute atomic E-state index is 0.104. The van der Waals surface area contributed by atoms with Crippen molar-refractivity contribution in [3.8, 4) is 0 Å². The number of amides is 1. The highest BCUT2D eigenvalue weighted by atomic mass is 19.4. The van der Waals surface area contributed by atoms with Crippen LogP contribution in [0.15, 0.2) is 24.3 Å². The molecule has 25 heavy (non-hydrogen) atoms. The Morgan fingerprint density at radius 2 is 1.84 bits per heavy atom. The van der Waals surface area contributed by atoms with Crippen LogP contribution in [0, 0.1) is 0 Å². The second-order valence-corrected chi connectivity index (χ2v) is 7.11. The number of carbonyl (C=O) groups is 1. The third kappa shape index (κ3) is 5.52. The maximum Gasteiger partial charge on any atom is 0.416 e. The number of nitrogens with zero attached hydrogens (tertiary/aromatic N) is 1. The van der Waals surface area contributed by atoms with Crippen molar-refractivity contribution in [3.63, 3.8) is 0 Å². The maximum absolute atomic E-state index is 12.6. The van der Waals surface area contributed by atoms with Crippen molar-refractivity contribution in [2.75, 3.05) is 18.4 Å². The Labute approximate surface area is 144 Å². The summed E-state index contributed by atoms with van der Waals surface area (Å²) in [6, 6.07) is 4.29. The highest BCUT2D eigenvalue weighted by Gasteiger charge is 2.33. The second kappa shape index (κ2) is 7.11. The van der Waals surface area contributed by atoms with E-state index >= 15 is 0 Å². The Hall–Kier alpha value is -1.96. The normalized spacial score (nSPS) is 21.8. The minimum Gasteiger partial charge on any atom is -0.444 e. The highest BCUT2D eigenvalue weighted by molar-refractivity contribution is 5.68. The lowest BCUT2D eigenvalue weighted by molar-refractivity contribution is -0.137. The number of piperidine rings is 1. The average molecular weight is 360 g/mol. The molecule has 1 aromatic rings. The fourth-order valence-electron chi connectivity index (χ4n) is 2.56. The van der Waals surface area contributed by atoms with Gasteiger partial charge in [-0.05, 0) is 51.5 Å². The van der Waals surface area contributed by atoms with E-state index in [-0.39, 0.29) is 12.6 Å². The van der Waals surface area contributed by atoms with E-state index in [4.69, 9.17) is 4.74 Å². The van der Waals surface area contributed by atoms with Gasteiger partial charge in [-0.3, -0.25) is 0 Å². The van der Waals surface area contributed by atoms with Gasteiger partial charge in [0, 0.05) is 12.2 Å². The molecule has 0 aliphatic carbocycles. The van der Waals surface area contributed by atoms with E-state index in [0.717, 1.165) is 12.1 Å². The number of hydrogen-bond donors (Lipinski definition) is 2. The van der Waals surface area contributed by atoms with E-state index in [2.05, 4.69) is 5.32 Å². The van der Waals surface area contributed by atoms with Crippen LogP contribution in [-0.2, 0) is 10.9 Å². The second-order valence-electron chi connectivity index (χ2n) is 7.11. The number of ether oxygens (including phenoxy) is 1. The van der Waals surface area contributed by atoms with Crippen LogP contribution < -0.4 is 5.32 Å². The summed E-state index contributed by atoms with van der Waals surface area (Å²) in [4.78, 5) is 13.5. The van der Waals surface area contributed by atoms with Crippen molar-refractivity contribution in [2.45, 2.75) is 51.1 Å². The van der Waals surface area contributed by atoms with Crippen molar-refractivity contribution in [1.29, 1.82) is 0 Å². The summed E-state index contributed by atoms with van der Waals surface area (Å²) in [5.74, 6) is 0. The number of aliphatic hydroxyl groups is 1. The highest BCUT2D eigenvalue weighted by Crippen LogP contribution is 2.30. The van der Waals surface area contributed by atoms with Gasteiger partial charge in [-0.15, -0.1) is 0 Å². The largest absolute Gasteiger partial charge is 0.444 e. The van der Waals surface area contributed by atoms with Crippen LogP contribution in [0.25, 0.3) is 0 Å². The predicted molar refractivity (Wildman–Crippen MR) is 87.3 cm³/mol. The van der Waals surface area contributed by atoms with E-state index in [1.807, 2.05) is 0 Å². The molecule has 1 aliphatic heterocycles. The molecule has 0 spiro atoms. The molecule has 1 saturated heterocycles. The van der Waals surface area contributed by atoms with Gasteiger partial charge >= 0.3 is 12.3 Å². The molecule has 0 saturated carbocycles. The molecule has 0 bridgehead atoms. The smallest absolute Gasteiger partial charge is 0.416 e. The molecule has 5 nitrogen and oxygen atoms in total. The van der Waals surface area contributed by atoms with E-state index < -0.39 is 29.5 Å². The standard InChI is InChI=1S/C17H23F3N2O3/c1-16(2,3)25-15(24)22-9-8-13(14(23)10-22)21-12-6-4-11(5-7-12)17(18,19)20/h4-7,13-14,21,23H,8-10H2,1-3H3/t13?,14-/m1/s1. The third-order valence-electron chi connectivity index (χ3n) is 3.80. The van der Waals surface area contributed by atoms with Crippen molar-refractivity contribution in [1.82, 2.24) is 4.90 Å². The topological polar surface area (TPSA) is 61.8 Å². The van der Waals surface area contributed by atoms with Gasteiger partial charge in [-0.2, -0.15) is 13.2 Å². The molecular weight excluding hydrogens is 337 g/mol. The van der Waals surface area contributed by atoms with Crippen molar-refractivity contribution < 1.29 is 27.8 Å². The first-order valence-corrected chi connectivity index (χ1v) is 8.05. The zero-order valence-corrected chi connectivity index (χ0v) is 14.4. The minimum atomic E-state index is -4.38. The monoisotopic (exact) mass is 360 g/mol. The molecular formula is C17H23F3N2O3. The molecule has 2 atom stereocenters. The van der Waals surface area contributed by atoms with E-state index in [9.17, 15) is 23.1 Å². The molecule has 1 fully saturated rings. The zero-order chi connectivity index (χ0) is 18.8. The summed E-state index contributed by atoms with van der Waals surface area (Å²) < 4.78 is 43.0. The Morgan fingerprint density at radius 3 is 2.32 bits per heavy atom. The fraction of sp³-hybridized carbons (Fsp3) is 0.588. The number of anilines is 1. The molecule has 1 amide bonds. The number of alkyl halides is 3. The molecule has 1 heterocycles. The predicted octanol–water partition coefficient (Wildman–Crippen LogP) is 3.49. The zero-order valence-electron chi connectivity index (χ0n) is 14.4. The van der Waals surface area contributed by atoms with Crippen molar-refractivity contribution >= 4 is 11.8 Å². The average Bonchev–Trinajstić information content (AvgIpc) is 2.47. The molecule has 0 radical (unpaired) electrons. The van der Waals surface area contributed by atoms with E-state index in [1.54, 1.807) is 20.8 Å². The number of rotatable bonds is 2. The number of hydrogen-bond acceptors (Lipinski definition) is 4. The number of likely N-dealkylation sites (tertiary alicyclic amines) is 1. The van der Waals surface area contributed by atoms with Crippen LogP contribution in [-0.4, -0.2) is 46.9 Å². The van der Waals surface area contributed by atoms with Gasteiger partial charge in [0.05, 0.1) is 24.3 Å². The van der Waals surface area contributed by atoms with Crippen molar-refractivity contribution in [3.05, 3.63) is 29.8 Å². The van der Waals surface area contributed by atoms with Gasteiger partial charge in [0.2, 0.25) is 0 Å². The number of aliphatic hydroxyl groups excluding tert-OH is 1. The summed E-state index contributed by atoms with van der Waals surface area (Å²) in [5.41, 5.74) is -0.849. The third-order valence-corrected chi connectivity index (χ3v) is 3.80. The Balaban J connectivity index is 1.92. The number of benzene rings is 1. The van der Waals surface area contributed by atoms with Crippen LogP contribution >= 0.6 is 0 Å². The summed E-state index contributed by atoms with van der Waals surface area (Å²) in [7, 11) is 0. The number of nitrogens with one attached hydrogen (secondary N) is 1. The first kappa shape index (κ1) is 19.4. The number of carbonyl (C=O) groups excluding carboxylic acids is 1. The summed E-state index contributed by atoms with van der Waals surface area (Å²) in [6.07, 6.45) is -5.25. The molecule has 1 aromatic carbocycles. The van der Waals surface area contributed by atoms with Crippen LogP contribution in [0.1, 0.15) is 32.8 Å². The maximum atomic E-state index is 12.6. The molecule has 8 heteroatoms. The Morgan fingerprint density at radius 1 is 1.24 bits per heavy atom. The van der Waals surface area contributed by atoms with E-state index in [0.29, 0.717) is 18.7 Å². The van der Waals surface area contributed by atoms with Crippen molar-refractivity contribution in [2.24, 2.45) is 0 Å². The Kier molecular flexibility index (Phi) is 5.51. The van der Waals surface area contributed by atoms with Crippen LogP contribution in [0.5, 0.6) is 0 Å². The molecule has 2 rings (SSSR count). The fourth-order valence-corrected chi connectivity index (χ4v) is 2.56. The van der Waals surface area contributed by atoms with Crippen LogP contribution in [0.3, 0.4) is 0 Å². The van der Waals surface area contributed by atoms with Crippen LogP contribution in [0.4, 0.5) is 23.7 Å². The SMILES string of the molecule is CC(C)(C)OC(=O)N1CCC(Nc2ccc(C(F)(F)F)cc2)[C@H](O)C1. The number of β-amino-alcohol motifs (C(OH)–C–C–N with tert-alkyl or cyclic N) is 1. The lowest BCUT2D eigenvalue weighted by Crippen LogP contribution is -2.52. The van der Waals surface area contributed by atoms with Crippen LogP contribution in [0.2, 0.25) is 0 Å².